The molecule has 0 bridgehead atoms. The Hall–Kier alpha value is -2.63. The number of ether oxygens (including phenoxy) is 2. The number of carbonyl (C=O) groups excluding carboxylic acids is 1. The van der Waals surface area contributed by atoms with Gasteiger partial charge in [0.15, 0.2) is 5.76 Å². The van der Waals surface area contributed by atoms with E-state index in [0.717, 1.165) is 25.9 Å². The van der Waals surface area contributed by atoms with Crippen LogP contribution in [0, 0.1) is 5.92 Å². The van der Waals surface area contributed by atoms with Crippen LogP contribution in [0.5, 0.6) is 0 Å². The molecule has 3 atom stereocenters. The fraction of sp³-hybridized carbons (Fsp3) is 0.423. The minimum absolute atomic E-state index is 0.00441. The molecule has 1 saturated heterocycles. The van der Waals surface area contributed by atoms with E-state index in [2.05, 4.69) is 42.5 Å². The maximum atomic E-state index is 12.8. The Labute approximate surface area is 183 Å². The van der Waals surface area contributed by atoms with Crippen LogP contribution in [0.25, 0.3) is 11.1 Å². The molecule has 2 heterocycles. The van der Waals surface area contributed by atoms with E-state index < -0.39 is 6.29 Å². The first-order valence-electron chi connectivity index (χ1n) is 11.3. The van der Waals surface area contributed by atoms with Gasteiger partial charge in [0.2, 0.25) is 6.29 Å². The topological polar surface area (TPSA) is 58.8 Å². The molecular weight excluding hydrogens is 390 g/mol. The lowest BCUT2D eigenvalue weighted by atomic mass is 9.80. The van der Waals surface area contributed by atoms with Crippen LogP contribution in [-0.2, 0) is 20.7 Å². The summed E-state index contributed by atoms with van der Waals surface area (Å²) >= 11 is 0. The molecule has 5 nitrogen and oxygen atoms in total. The van der Waals surface area contributed by atoms with Crippen molar-refractivity contribution >= 4 is 5.91 Å². The molecule has 0 aromatic heterocycles. The molecule has 0 saturated carbocycles. The molecule has 5 rings (SSSR count). The number of hydrogen-bond acceptors (Lipinski definition) is 4. The van der Waals surface area contributed by atoms with Crippen LogP contribution in [0.15, 0.2) is 54.3 Å². The number of aliphatic hydroxyl groups excluding tert-OH is 1. The van der Waals surface area contributed by atoms with Crippen LogP contribution in [0.4, 0.5) is 0 Å². The summed E-state index contributed by atoms with van der Waals surface area (Å²) in [5.41, 5.74) is 6.47. The van der Waals surface area contributed by atoms with Crippen molar-refractivity contribution in [1.29, 1.82) is 0 Å². The number of hydrogen-bond donors (Lipinski definition) is 1. The first kappa shape index (κ1) is 20.3. The lowest BCUT2D eigenvalue weighted by molar-refractivity contribution is -0.168. The van der Waals surface area contributed by atoms with Crippen molar-refractivity contribution < 1.29 is 19.4 Å². The van der Waals surface area contributed by atoms with Gasteiger partial charge in [-0.05, 0) is 60.1 Å². The number of rotatable bonds is 7. The van der Waals surface area contributed by atoms with E-state index in [-0.39, 0.29) is 24.3 Å². The third-order valence-electron chi connectivity index (χ3n) is 6.56. The number of carbonyl (C=O) groups is 1. The molecule has 0 unspecified atom stereocenters. The Bertz CT molecular complexity index is 1010. The average Bonchev–Trinajstić information content (AvgIpc) is 3.57. The number of aliphatic hydroxyl groups is 1. The summed E-state index contributed by atoms with van der Waals surface area (Å²) in [6.07, 6.45) is 3.87. The van der Waals surface area contributed by atoms with Gasteiger partial charge in [0.1, 0.15) is 0 Å². The molecule has 2 aromatic rings. The van der Waals surface area contributed by atoms with Crippen molar-refractivity contribution in [3.05, 3.63) is 71.0 Å². The standard InChI is InChI=1S/C26H29NO4/c1-2-30-26-22(8-5-13-28)23(16-24(31-26)25(29)27-11-12-27)18-9-10-21-19(15-18)14-17-6-3-4-7-20(17)21/h3-4,6-7,9-10,15-16,22-23,26,28H,2,5,8,11-14H2,1H3/t22-,23+,26+/m1/s1. The highest BCUT2D eigenvalue weighted by molar-refractivity contribution is 5.93. The lowest BCUT2D eigenvalue weighted by Crippen LogP contribution is -2.37. The minimum atomic E-state index is -0.490. The van der Waals surface area contributed by atoms with Crippen molar-refractivity contribution in [2.24, 2.45) is 5.92 Å². The van der Waals surface area contributed by atoms with Crippen LogP contribution < -0.4 is 0 Å². The summed E-state index contributed by atoms with van der Waals surface area (Å²) < 4.78 is 12.0. The first-order valence-corrected chi connectivity index (χ1v) is 11.3. The van der Waals surface area contributed by atoms with E-state index in [1.807, 2.05) is 13.0 Å². The van der Waals surface area contributed by atoms with Gasteiger partial charge in [-0.2, -0.15) is 0 Å². The zero-order chi connectivity index (χ0) is 21.4. The van der Waals surface area contributed by atoms with Crippen molar-refractivity contribution in [2.75, 3.05) is 26.3 Å². The molecule has 1 aliphatic carbocycles. The second-order valence-corrected chi connectivity index (χ2v) is 8.57. The molecule has 162 valence electrons. The third kappa shape index (κ3) is 3.88. The fourth-order valence-corrected chi connectivity index (χ4v) is 4.92. The lowest BCUT2D eigenvalue weighted by Gasteiger charge is -2.37. The molecule has 2 aliphatic heterocycles. The van der Waals surface area contributed by atoms with E-state index in [9.17, 15) is 9.90 Å². The Morgan fingerprint density at radius 1 is 1.16 bits per heavy atom. The molecule has 0 spiro atoms. The van der Waals surface area contributed by atoms with Crippen LogP contribution >= 0.6 is 0 Å². The maximum absolute atomic E-state index is 12.8. The molecule has 5 heteroatoms. The highest BCUT2D eigenvalue weighted by Crippen LogP contribution is 2.43. The molecule has 31 heavy (non-hydrogen) atoms. The number of benzene rings is 2. The molecular formula is C26H29NO4. The smallest absolute Gasteiger partial charge is 0.288 e. The molecule has 1 N–H and O–H groups in total. The largest absolute Gasteiger partial charge is 0.459 e. The summed E-state index contributed by atoms with van der Waals surface area (Å²) in [7, 11) is 0. The van der Waals surface area contributed by atoms with Crippen LogP contribution in [0.1, 0.15) is 42.4 Å². The second kappa shape index (κ2) is 8.48. The van der Waals surface area contributed by atoms with Gasteiger partial charge in [0.05, 0.1) is 0 Å². The Kier molecular flexibility index (Phi) is 5.55. The van der Waals surface area contributed by atoms with Crippen molar-refractivity contribution in [1.82, 2.24) is 4.90 Å². The van der Waals surface area contributed by atoms with Crippen molar-refractivity contribution in [3.8, 4) is 11.1 Å². The molecule has 2 aromatic carbocycles. The van der Waals surface area contributed by atoms with E-state index in [1.54, 1.807) is 4.90 Å². The number of nitrogens with zero attached hydrogens (tertiary/aromatic N) is 1. The Morgan fingerprint density at radius 2 is 1.97 bits per heavy atom. The quantitative estimate of drug-likeness (QED) is 0.591. The molecule has 3 aliphatic rings. The van der Waals surface area contributed by atoms with E-state index >= 15 is 0 Å². The van der Waals surface area contributed by atoms with Gasteiger partial charge < -0.3 is 19.5 Å². The molecule has 1 amide bonds. The van der Waals surface area contributed by atoms with Crippen LogP contribution in [0.2, 0.25) is 0 Å². The summed E-state index contributed by atoms with van der Waals surface area (Å²) in [5.74, 6) is 0.387. The van der Waals surface area contributed by atoms with E-state index in [0.29, 0.717) is 18.8 Å². The zero-order valence-corrected chi connectivity index (χ0v) is 17.9. The number of fused-ring (bicyclic) bond motifs is 3. The summed E-state index contributed by atoms with van der Waals surface area (Å²) in [5, 5.41) is 9.46. The maximum Gasteiger partial charge on any atom is 0.288 e. The van der Waals surface area contributed by atoms with Gasteiger partial charge in [-0.15, -0.1) is 0 Å². The van der Waals surface area contributed by atoms with Crippen LogP contribution in [0.3, 0.4) is 0 Å². The predicted molar refractivity (Wildman–Crippen MR) is 118 cm³/mol. The minimum Gasteiger partial charge on any atom is -0.459 e. The SMILES string of the molecule is CCO[C@H]1OC(C(=O)N2CC2)=C[C@@H](c2ccc3c(c2)Cc2ccccc2-3)[C@H]1CCCO. The van der Waals surface area contributed by atoms with Gasteiger partial charge in [0, 0.05) is 38.1 Å². The van der Waals surface area contributed by atoms with Gasteiger partial charge in [0.25, 0.3) is 5.91 Å². The van der Waals surface area contributed by atoms with Gasteiger partial charge >= 0.3 is 0 Å². The normalized spacial score (nSPS) is 23.6. The predicted octanol–water partition coefficient (Wildman–Crippen LogP) is 3.85. The zero-order valence-electron chi connectivity index (χ0n) is 17.9. The van der Waals surface area contributed by atoms with Crippen molar-refractivity contribution in [2.45, 2.75) is 38.4 Å². The highest BCUT2D eigenvalue weighted by atomic mass is 16.7. The summed E-state index contributed by atoms with van der Waals surface area (Å²) in [6, 6.07) is 15.2. The Balaban J connectivity index is 1.52. The van der Waals surface area contributed by atoms with E-state index in [1.165, 1.54) is 27.8 Å². The first-order chi connectivity index (χ1) is 15.2. The monoisotopic (exact) mass is 419 g/mol. The second-order valence-electron chi connectivity index (χ2n) is 8.57. The average molecular weight is 420 g/mol. The Morgan fingerprint density at radius 3 is 2.74 bits per heavy atom. The van der Waals surface area contributed by atoms with Gasteiger partial charge in [-0.1, -0.05) is 42.5 Å². The molecule has 0 radical (unpaired) electrons. The summed E-state index contributed by atoms with van der Waals surface area (Å²) in [4.78, 5) is 14.6. The van der Waals surface area contributed by atoms with Gasteiger partial charge in [-0.25, -0.2) is 0 Å². The molecule has 1 fully saturated rings. The van der Waals surface area contributed by atoms with Crippen molar-refractivity contribution in [3.63, 3.8) is 0 Å². The summed E-state index contributed by atoms with van der Waals surface area (Å²) in [6.45, 7) is 4.16. The highest BCUT2D eigenvalue weighted by Gasteiger charge is 2.40. The van der Waals surface area contributed by atoms with Gasteiger partial charge in [-0.3, -0.25) is 4.79 Å². The number of amides is 1. The third-order valence-corrected chi connectivity index (χ3v) is 6.56. The number of allylic oxidation sites excluding steroid dienone is 1. The van der Waals surface area contributed by atoms with E-state index in [4.69, 9.17) is 9.47 Å². The fourth-order valence-electron chi connectivity index (χ4n) is 4.92. The van der Waals surface area contributed by atoms with Crippen LogP contribution in [-0.4, -0.2) is 48.5 Å².